The number of rotatable bonds is 9. The zero-order valence-corrected chi connectivity index (χ0v) is 58.8. The Bertz CT molecular complexity index is 4590. The lowest BCUT2D eigenvalue weighted by molar-refractivity contribution is -0.156. The van der Waals surface area contributed by atoms with E-state index in [1.165, 1.54) is 51.9 Å². The molecule has 3 fully saturated rings. The van der Waals surface area contributed by atoms with E-state index in [0.29, 0.717) is 38.9 Å². The van der Waals surface area contributed by atoms with Gasteiger partial charge < -0.3 is 59.5 Å². The molecule has 514 valence electrons. The van der Waals surface area contributed by atoms with Crippen molar-refractivity contribution in [1.29, 1.82) is 10.5 Å². The lowest BCUT2D eigenvalue weighted by Crippen LogP contribution is -2.52. The highest BCUT2D eigenvalue weighted by Crippen LogP contribution is 2.73. The number of hydrogen-bond acceptors (Lipinski definition) is 17. The lowest BCUT2D eigenvalue weighted by atomic mass is 9.70. The molecule has 3 aliphatic heterocycles. The molecule has 15 atom stereocenters. The number of benzene rings is 6. The standard InChI is InChI=1S/2C26H22ClN3O4.C25H22BrClN2O4/c2*1-30(2)24(32)20-21(16-6-4-3-5-7-16)26(17-10-8-15(12-28)9-11-17)25(33,23(20)31)22-18(27)13-29-14-19(22)34-26;1-29(2)23(31)19-20(14-6-4-3-5-7-14)25(15-8-10-16(26)11-9-15)24(32,22(19)30)21-17(27)12-28-13-18(21)33-25/h2*3-11,13-14,20-21,23,31,33H,1-2H3;3-13,19-20,22,30,32H,1-2H3/t2*20-,21-,23-,25+,26+;19-,20-,22-,24+,25+/m111/s1. The minimum atomic E-state index is -2.08. The molecule has 20 nitrogen and oxygen atoms in total. The molecule has 3 aromatic heterocycles. The van der Waals surface area contributed by atoms with Crippen LogP contribution in [0.2, 0.25) is 15.1 Å². The maximum absolute atomic E-state index is 13.5. The van der Waals surface area contributed by atoms with Gasteiger partial charge in [0.1, 0.15) is 35.6 Å². The number of ether oxygens (including phenoxy) is 3. The third-order valence-corrected chi connectivity index (χ3v) is 22.1. The van der Waals surface area contributed by atoms with E-state index in [9.17, 15) is 55.5 Å². The van der Waals surface area contributed by atoms with Gasteiger partial charge in [-0.3, -0.25) is 29.3 Å². The number of fused-ring (bicyclic) bond motifs is 9. The van der Waals surface area contributed by atoms with Crippen LogP contribution in [0.15, 0.2) is 205 Å². The van der Waals surface area contributed by atoms with Crippen LogP contribution < -0.4 is 14.2 Å². The highest BCUT2D eigenvalue weighted by atomic mass is 79.9. The van der Waals surface area contributed by atoms with Crippen LogP contribution in [0.1, 0.15) is 79.0 Å². The fraction of sp³-hybridized carbons (Fsp3) is 0.273. The second kappa shape index (κ2) is 26.2. The SMILES string of the molecule is CN(C)C(=O)[C@H]1[C@@H](O)[C@@]2(O)c3c(Cl)cncc3O[C@@]2(c2ccc(Br)cc2)[C@@H]1c1ccccc1.CN(C)C(=O)[C@H]1[C@@H](O)[C@@]2(O)c3c(Cl)cncc3O[C@@]2(c2ccc(C#N)cc2)[C@@H]1c1ccccc1.CN(C)C(=O)[C@H]1[C@@H](O)[C@@]2(O)c3c(Cl)cncc3O[C@@]2(c2ccc(C#N)cc2)[C@@H]1c1ccccc1. The Balaban J connectivity index is 0.000000135. The summed E-state index contributed by atoms with van der Waals surface area (Å²) >= 11 is 23.0. The second-order valence-corrected chi connectivity index (χ2v) is 28.6. The molecule has 9 aromatic rings. The predicted molar refractivity (Wildman–Crippen MR) is 375 cm³/mol. The first kappa shape index (κ1) is 70.1. The first-order chi connectivity index (χ1) is 48.3. The number of nitriles is 2. The molecule has 0 spiro atoms. The maximum Gasteiger partial charge on any atom is 0.228 e. The van der Waals surface area contributed by atoms with Crippen molar-refractivity contribution < 1.29 is 59.2 Å². The van der Waals surface area contributed by atoms with Crippen molar-refractivity contribution in [3.63, 3.8) is 0 Å². The van der Waals surface area contributed by atoms with Gasteiger partial charge in [-0.25, -0.2) is 0 Å². The van der Waals surface area contributed by atoms with Crippen LogP contribution in [0.5, 0.6) is 17.2 Å². The van der Waals surface area contributed by atoms with Crippen LogP contribution in [-0.4, -0.2) is 139 Å². The van der Waals surface area contributed by atoms with Gasteiger partial charge in [-0.1, -0.05) is 178 Å². The predicted octanol–water partition coefficient (Wildman–Crippen LogP) is 9.73. The largest absolute Gasteiger partial charge is 0.476 e. The number of aromatic nitrogens is 3. The molecule has 101 heavy (non-hydrogen) atoms. The molecule has 6 aromatic carbocycles. The topological polar surface area (TPSA) is 296 Å². The van der Waals surface area contributed by atoms with Gasteiger partial charge in [0.05, 0.1) is 91.4 Å². The summed E-state index contributed by atoms with van der Waals surface area (Å²) in [6.45, 7) is 0. The molecule has 0 bridgehead atoms. The zero-order chi connectivity index (χ0) is 72.0. The minimum Gasteiger partial charge on any atom is -0.476 e. The fourth-order valence-electron chi connectivity index (χ4n) is 16.7. The molecule has 15 rings (SSSR count). The van der Waals surface area contributed by atoms with E-state index in [-0.39, 0.29) is 66.7 Å². The zero-order valence-electron chi connectivity index (χ0n) is 55.0. The Morgan fingerprint density at radius 1 is 0.416 bits per heavy atom. The number of amides is 3. The van der Waals surface area contributed by atoms with Gasteiger partial charge in [-0.2, -0.15) is 10.5 Å². The summed E-state index contributed by atoms with van der Waals surface area (Å²) in [6.07, 6.45) is 3.93. The Hall–Kier alpha value is -9.33. The summed E-state index contributed by atoms with van der Waals surface area (Å²) in [5.41, 5.74) is -5.66. The van der Waals surface area contributed by atoms with Crippen LogP contribution in [0.4, 0.5) is 0 Å². The average molecular weight is 1480 g/mol. The van der Waals surface area contributed by atoms with Gasteiger partial charge in [-0.15, -0.1) is 0 Å². The molecule has 6 heterocycles. The van der Waals surface area contributed by atoms with Crippen molar-refractivity contribution in [2.45, 2.75) is 69.7 Å². The third-order valence-electron chi connectivity index (χ3n) is 20.8. The number of halogens is 4. The summed E-state index contributed by atoms with van der Waals surface area (Å²) < 4.78 is 20.5. The number of hydrogen-bond donors (Lipinski definition) is 6. The number of pyridine rings is 3. The lowest BCUT2D eigenvalue weighted by Gasteiger charge is -2.40. The van der Waals surface area contributed by atoms with E-state index in [0.717, 1.165) is 10.0 Å². The summed E-state index contributed by atoms with van der Waals surface area (Å²) in [5, 5.41) is 91.7. The molecule has 3 saturated carbocycles. The minimum absolute atomic E-state index is 0.124. The molecule has 6 aliphatic rings. The van der Waals surface area contributed by atoms with Gasteiger partial charge in [0.2, 0.25) is 17.7 Å². The van der Waals surface area contributed by atoms with Crippen molar-refractivity contribution in [2.75, 3.05) is 42.3 Å². The van der Waals surface area contributed by atoms with Crippen LogP contribution in [0.3, 0.4) is 0 Å². The molecule has 0 radical (unpaired) electrons. The van der Waals surface area contributed by atoms with Crippen molar-refractivity contribution in [3.05, 3.63) is 282 Å². The van der Waals surface area contributed by atoms with E-state index in [4.69, 9.17) is 49.0 Å². The van der Waals surface area contributed by atoms with Gasteiger partial charge in [-0.05, 0) is 69.8 Å². The molecular formula is C77H66BrCl3N8O12. The van der Waals surface area contributed by atoms with E-state index < -0.39 is 87.4 Å². The molecule has 0 unspecified atom stereocenters. The van der Waals surface area contributed by atoms with Crippen LogP contribution in [0.25, 0.3) is 0 Å². The highest BCUT2D eigenvalue weighted by molar-refractivity contribution is 9.10. The molecular weight excluding hydrogens is 1420 g/mol. The number of aliphatic hydroxyl groups excluding tert-OH is 3. The Labute approximate surface area is 604 Å². The number of carbonyl (C=O) groups is 3. The molecule has 6 N–H and O–H groups in total. The first-order valence-electron chi connectivity index (χ1n) is 32.0. The molecule has 24 heteroatoms. The van der Waals surface area contributed by atoms with E-state index in [2.05, 4.69) is 43.0 Å². The van der Waals surface area contributed by atoms with Crippen molar-refractivity contribution >= 4 is 68.5 Å². The van der Waals surface area contributed by atoms with E-state index >= 15 is 0 Å². The number of nitrogens with zero attached hydrogens (tertiary/aromatic N) is 8. The van der Waals surface area contributed by atoms with Gasteiger partial charge >= 0.3 is 0 Å². The summed E-state index contributed by atoms with van der Waals surface area (Å²) in [7, 11) is 9.69. The van der Waals surface area contributed by atoms with E-state index in [1.807, 2.05) is 115 Å². The summed E-state index contributed by atoms with van der Waals surface area (Å²) in [5.74, 6) is -5.67. The van der Waals surface area contributed by atoms with Crippen molar-refractivity contribution in [3.8, 4) is 29.4 Å². The average Bonchev–Trinajstić information content (AvgIpc) is 1.51. The Kier molecular flexibility index (Phi) is 18.2. The highest BCUT2D eigenvalue weighted by Gasteiger charge is 2.81. The Morgan fingerprint density at radius 3 is 0.901 bits per heavy atom. The number of carbonyl (C=O) groups excluding carboxylic acids is 3. The third kappa shape index (κ3) is 10.2. The van der Waals surface area contributed by atoms with Crippen LogP contribution in [0, 0.1) is 40.4 Å². The maximum atomic E-state index is 13.5. The van der Waals surface area contributed by atoms with Crippen molar-refractivity contribution in [2.24, 2.45) is 17.8 Å². The van der Waals surface area contributed by atoms with Crippen molar-refractivity contribution in [1.82, 2.24) is 29.7 Å². The smallest absolute Gasteiger partial charge is 0.228 e. The van der Waals surface area contributed by atoms with Gasteiger partial charge in [0.15, 0.2) is 33.6 Å². The Morgan fingerprint density at radius 2 is 0.663 bits per heavy atom. The molecule has 3 aliphatic carbocycles. The fourth-order valence-corrected chi connectivity index (χ4v) is 17.8. The quantitative estimate of drug-likeness (QED) is 0.0783. The van der Waals surface area contributed by atoms with Crippen LogP contribution in [-0.2, 0) is 48.0 Å². The molecule has 0 saturated heterocycles. The normalized spacial score (nSPS) is 29.3. The first-order valence-corrected chi connectivity index (χ1v) is 34.0. The monoisotopic (exact) mass is 1480 g/mol. The number of aliphatic hydroxyl groups is 6. The molecule has 3 amide bonds. The van der Waals surface area contributed by atoms with Gasteiger partial charge in [0.25, 0.3) is 0 Å². The summed E-state index contributed by atoms with van der Waals surface area (Å²) in [6, 6.07) is 52.5. The van der Waals surface area contributed by atoms with Gasteiger partial charge in [0, 0.05) is 83.1 Å². The second-order valence-electron chi connectivity index (χ2n) is 26.5. The summed E-state index contributed by atoms with van der Waals surface area (Å²) in [4.78, 5) is 57.0. The van der Waals surface area contributed by atoms with E-state index in [1.54, 1.807) is 90.8 Å². The van der Waals surface area contributed by atoms with Crippen LogP contribution >= 0.6 is 50.7 Å².